The first-order valence-electron chi connectivity index (χ1n) is 13.1. The fraction of sp³-hybridized carbons (Fsp3) is 0.586. The lowest BCUT2D eigenvalue weighted by molar-refractivity contribution is 0.304. The molecular weight excluding hydrogens is 392 g/mol. The number of ether oxygens (including phenoxy) is 1. The maximum atomic E-state index is 5.98. The quantitative estimate of drug-likeness (QED) is 0.283. The molecule has 0 spiro atoms. The van der Waals surface area contributed by atoms with Crippen LogP contribution in [0.25, 0.3) is 0 Å². The number of nitrogens with zero attached hydrogens (tertiary/aromatic N) is 2. The van der Waals surface area contributed by atoms with Gasteiger partial charge in [-0.15, -0.1) is 0 Å². The van der Waals surface area contributed by atoms with Gasteiger partial charge in [0, 0.05) is 37.6 Å². The number of benzene rings is 2. The van der Waals surface area contributed by atoms with E-state index in [1.54, 1.807) is 0 Å². The van der Waals surface area contributed by atoms with Gasteiger partial charge in [0.25, 0.3) is 0 Å². The molecule has 2 aromatic carbocycles. The Labute approximate surface area is 196 Å². The van der Waals surface area contributed by atoms with Gasteiger partial charge in [0.1, 0.15) is 5.75 Å². The highest BCUT2D eigenvalue weighted by Gasteiger charge is 2.17. The molecule has 1 heterocycles. The summed E-state index contributed by atoms with van der Waals surface area (Å²) in [4.78, 5) is 4.97. The van der Waals surface area contributed by atoms with E-state index in [9.17, 15) is 0 Å². The first kappa shape index (κ1) is 24.5. The van der Waals surface area contributed by atoms with Crippen molar-refractivity contribution < 1.29 is 4.74 Å². The Balaban J connectivity index is 1.26. The van der Waals surface area contributed by atoms with Crippen molar-refractivity contribution in [2.45, 2.75) is 78.1 Å². The van der Waals surface area contributed by atoms with Crippen molar-refractivity contribution in [3.8, 4) is 5.75 Å². The molecule has 3 heteroatoms. The first-order chi connectivity index (χ1) is 15.8. The molecular formula is C29H44N2O. The lowest BCUT2D eigenvalue weighted by Crippen LogP contribution is -2.46. The summed E-state index contributed by atoms with van der Waals surface area (Å²) in [6, 6.07) is 17.6. The van der Waals surface area contributed by atoms with Crippen LogP contribution in [0, 0.1) is 6.92 Å². The van der Waals surface area contributed by atoms with Crippen LogP contribution in [-0.4, -0.2) is 32.8 Å². The van der Waals surface area contributed by atoms with Crippen molar-refractivity contribution in [3.05, 3.63) is 54.1 Å². The van der Waals surface area contributed by atoms with Crippen LogP contribution in [0.4, 0.5) is 11.4 Å². The minimum Gasteiger partial charge on any atom is -0.494 e. The van der Waals surface area contributed by atoms with E-state index in [2.05, 4.69) is 72.2 Å². The van der Waals surface area contributed by atoms with E-state index in [1.165, 1.54) is 81.1 Å². The molecule has 1 aliphatic rings. The van der Waals surface area contributed by atoms with Gasteiger partial charge in [-0.25, -0.2) is 0 Å². The zero-order valence-corrected chi connectivity index (χ0v) is 20.5. The molecule has 3 rings (SSSR count). The molecule has 0 bridgehead atoms. The molecule has 0 N–H and O–H groups in total. The van der Waals surface area contributed by atoms with Crippen LogP contribution in [0.15, 0.2) is 48.5 Å². The number of unbranched alkanes of at least 4 members (excludes halogenated alkanes) is 9. The Morgan fingerprint density at radius 3 is 1.53 bits per heavy atom. The summed E-state index contributed by atoms with van der Waals surface area (Å²) < 4.78 is 5.98. The molecule has 0 unspecified atom stereocenters. The Hall–Kier alpha value is -2.16. The van der Waals surface area contributed by atoms with Crippen LogP contribution in [0.5, 0.6) is 5.75 Å². The smallest absolute Gasteiger partial charge is 0.119 e. The number of hydrogen-bond acceptors (Lipinski definition) is 3. The number of anilines is 2. The summed E-state index contributed by atoms with van der Waals surface area (Å²) in [6.07, 6.45) is 13.6. The zero-order valence-electron chi connectivity index (χ0n) is 20.5. The monoisotopic (exact) mass is 436 g/mol. The summed E-state index contributed by atoms with van der Waals surface area (Å²) in [7, 11) is 0. The second-order valence-corrected chi connectivity index (χ2v) is 9.33. The largest absolute Gasteiger partial charge is 0.494 e. The predicted molar refractivity (Wildman–Crippen MR) is 139 cm³/mol. The fourth-order valence-corrected chi connectivity index (χ4v) is 4.51. The van der Waals surface area contributed by atoms with Gasteiger partial charge in [0.05, 0.1) is 6.61 Å². The summed E-state index contributed by atoms with van der Waals surface area (Å²) >= 11 is 0. The van der Waals surface area contributed by atoms with E-state index < -0.39 is 0 Å². The Morgan fingerprint density at radius 1 is 0.594 bits per heavy atom. The lowest BCUT2D eigenvalue weighted by Gasteiger charge is -2.37. The number of rotatable bonds is 14. The van der Waals surface area contributed by atoms with Crippen LogP contribution < -0.4 is 14.5 Å². The van der Waals surface area contributed by atoms with Gasteiger partial charge in [-0.05, 0) is 49.7 Å². The van der Waals surface area contributed by atoms with Gasteiger partial charge in [0.2, 0.25) is 0 Å². The van der Waals surface area contributed by atoms with E-state index in [1.807, 2.05) is 0 Å². The van der Waals surface area contributed by atoms with Gasteiger partial charge in [-0.2, -0.15) is 0 Å². The molecule has 1 aliphatic heterocycles. The van der Waals surface area contributed by atoms with E-state index in [4.69, 9.17) is 4.74 Å². The third kappa shape index (κ3) is 8.41. The Bertz CT molecular complexity index is 733. The van der Waals surface area contributed by atoms with E-state index in [0.29, 0.717) is 0 Å². The topological polar surface area (TPSA) is 15.7 Å². The van der Waals surface area contributed by atoms with E-state index >= 15 is 0 Å². The highest BCUT2D eigenvalue weighted by Crippen LogP contribution is 2.23. The Kier molecular flexibility index (Phi) is 10.8. The van der Waals surface area contributed by atoms with Crippen LogP contribution >= 0.6 is 0 Å². The van der Waals surface area contributed by atoms with Crippen LogP contribution in [0.1, 0.15) is 76.7 Å². The predicted octanol–water partition coefficient (Wildman–Crippen LogP) is 7.62. The number of hydrogen-bond donors (Lipinski definition) is 0. The van der Waals surface area contributed by atoms with Crippen molar-refractivity contribution in [2.75, 3.05) is 42.6 Å². The standard InChI is InChI=1S/C29H44N2O/c1-3-4-5-6-7-8-9-10-11-12-25-32-29-19-17-28(18-20-29)31-23-21-30(22-24-31)27-15-13-26(2)14-16-27/h13-20H,3-12,21-25H2,1-2H3. The molecule has 0 aliphatic carbocycles. The summed E-state index contributed by atoms with van der Waals surface area (Å²) in [6.45, 7) is 9.53. The number of aryl methyl sites for hydroxylation is 1. The third-order valence-corrected chi connectivity index (χ3v) is 6.65. The summed E-state index contributed by atoms with van der Waals surface area (Å²) in [5.74, 6) is 1.00. The molecule has 0 radical (unpaired) electrons. The van der Waals surface area contributed by atoms with Crippen molar-refractivity contribution in [1.29, 1.82) is 0 Å². The van der Waals surface area contributed by atoms with Gasteiger partial charge in [-0.3, -0.25) is 0 Å². The third-order valence-electron chi connectivity index (χ3n) is 6.65. The summed E-state index contributed by atoms with van der Waals surface area (Å²) in [5.41, 5.74) is 3.97. The lowest BCUT2D eigenvalue weighted by atomic mass is 10.1. The molecule has 32 heavy (non-hydrogen) atoms. The fourth-order valence-electron chi connectivity index (χ4n) is 4.51. The SMILES string of the molecule is CCCCCCCCCCCCOc1ccc(N2CCN(c3ccc(C)cc3)CC2)cc1. The normalized spacial score (nSPS) is 14.1. The molecule has 0 amide bonds. The highest BCUT2D eigenvalue weighted by molar-refractivity contribution is 5.53. The van der Waals surface area contributed by atoms with E-state index in [0.717, 1.165) is 38.5 Å². The zero-order chi connectivity index (χ0) is 22.4. The minimum absolute atomic E-state index is 0.838. The van der Waals surface area contributed by atoms with Gasteiger partial charge >= 0.3 is 0 Å². The first-order valence-corrected chi connectivity index (χ1v) is 13.1. The van der Waals surface area contributed by atoms with Gasteiger partial charge in [0.15, 0.2) is 0 Å². The molecule has 2 aromatic rings. The van der Waals surface area contributed by atoms with Crippen molar-refractivity contribution in [3.63, 3.8) is 0 Å². The van der Waals surface area contributed by atoms with Crippen LogP contribution in [0.3, 0.4) is 0 Å². The Morgan fingerprint density at radius 2 is 1.03 bits per heavy atom. The minimum atomic E-state index is 0.838. The molecule has 1 saturated heterocycles. The molecule has 1 fully saturated rings. The molecule has 0 atom stereocenters. The van der Waals surface area contributed by atoms with Crippen molar-refractivity contribution >= 4 is 11.4 Å². The molecule has 0 saturated carbocycles. The van der Waals surface area contributed by atoms with E-state index in [-0.39, 0.29) is 0 Å². The highest BCUT2D eigenvalue weighted by atomic mass is 16.5. The van der Waals surface area contributed by atoms with Crippen molar-refractivity contribution in [1.82, 2.24) is 0 Å². The second kappa shape index (κ2) is 14.1. The molecule has 0 aromatic heterocycles. The molecule has 176 valence electrons. The summed E-state index contributed by atoms with van der Waals surface area (Å²) in [5, 5.41) is 0. The average Bonchev–Trinajstić information content (AvgIpc) is 2.84. The second-order valence-electron chi connectivity index (χ2n) is 9.33. The van der Waals surface area contributed by atoms with Gasteiger partial charge in [-0.1, -0.05) is 82.4 Å². The molecule has 3 nitrogen and oxygen atoms in total. The maximum absolute atomic E-state index is 5.98. The average molecular weight is 437 g/mol. The maximum Gasteiger partial charge on any atom is 0.119 e. The van der Waals surface area contributed by atoms with Crippen molar-refractivity contribution in [2.24, 2.45) is 0 Å². The van der Waals surface area contributed by atoms with Gasteiger partial charge < -0.3 is 14.5 Å². The van der Waals surface area contributed by atoms with Crippen LogP contribution in [-0.2, 0) is 0 Å². The van der Waals surface area contributed by atoms with Crippen LogP contribution in [0.2, 0.25) is 0 Å². The number of piperazine rings is 1.